The molecule has 0 aliphatic carbocycles. The summed E-state index contributed by atoms with van der Waals surface area (Å²) in [6.07, 6.45) is 0. The lowest BCUT2D eigenvalue weighted by molar-refractivity contribution is 0.256. The van der Waals surface area contributed by atoms with Crippen LogP contribution in [-0.4, -0.2) is 23.4 Å². The van der Waals surface area contributed by atoms with Crippen LogP contribution < -0.4 is 11.5 Å². The van der Waals surface area contributed by atoms with Gasteiger partial charge in [0.15, 0.2) is 17.4 Å². The van der Waals surface area contributed by atoms with E-state index in [0.29, 0.717) is 0 Å². The molecule has 0 atom stereocenters. The van der Waals surface area contributed by atoms with Crippen LogP contribution in [0, 0.1) is 0 Å². The smallest absolute Gasteiger partial charge is 0.309 e. The number of halogens is 1. The number of hydrogen-bond acceptors (Lipinski definition) is 1. The fraction of sp³-hybridized carbons (Fsp3) is 0. The maximum absolute atomic E-state index is 9.00. The van der Waals surface area contributed by atoms with Crippen LogP contribution in [-0.2, 0) is 0 Å². The van der Waals surface area contributed by atoms with Gasteiger partial charge in [0.1, 0.15) is 0 Å². The van der Waals surface area contributed by atoms with Crippen LogP contribution >= 0.6 is 12.4 Å². The van der Waals surface area contributed by atoms with E-state index < -0.39 is 6.03 Å². The molecule has 0 aromatic carbocycles. The van der Waals surface area contributed by atoms with Crippen molar-refractivity contribution in [3.05, 3.63) is 0 Å². The monoisotopic (exact) mass is 126 g/mol. The van der Waals surface area contributed by atoms with Gasteiger partial charge < -0.3 is 11.5 Å². The van der Waals surface area contributed by atoms with Gasteiger partial charge >= 0.3 is 6.03 Å². The first kappa shape index (κ1) is 16.5. The predicted octanol–water partition coefficient (Wildman–Crippen LogP) is -1.74. The third-order valence-corrected chi connectivity index (χ3v) is 0. The number of urea groups is 1. The Morgan fingerprint density at radius 3 is 1.33 bits per heavy atom. The van der Waals surface area contributed by atoms with Gasteiger partial charge in [0.2, 0.25) is 0 Å². The molecule has 2 amide bonds. The average molecular weight is 127 g/mol. The molecule has 0 aliphatic rings. The normalized spacial score (nSPS) is 4.00. The third kappa shape index (κ3) is 4580. The Morgan fingerprint density at radius 1 is 1.33 bits per heavy atom. The molecule has 0 rings (SSSR count). The van der Waals surface area contributed by atoms with Crippen molar-refractivity contribution in [2.75, 3.05) is 0 Å². The second-order valence-corrected chi connectivity index (χ2v) is 0.402. The molecule has 0 unspecified atom stereocenters. The van der Waals surface area contributed by atoms with Crippen LogP contribution in [0.3, 0.4) is 0 Å². The molecule has 0 saturated heterocycles. The molecule has 0 aliphatic heterocycles. The number of carbonyl (C=O) groups excluding carboxylic acids is 1. The number of hydrogen-bond donors (Lipinski definition) is 2. The molecule has 0 aromatic heterocycles. The molecular weight excluding hydrogens is 118 g/mol. The SMILES string of the molecule is Cl.NC(N)=O.[AlH3]. The molecule has 6 heavy (non-hydrogen) atoms. The Kier molecular flexibility index (Phi) is 24.6. The van der Waals surface area contributed by atoms with Crippen LogP contribution in [0.25, 0.3) is 0 Å². The largest absolute Gasteiger partial charge is 0.352 e. The fourth-order valence-electron chi connectivity index (χ4n) is 0. The molecule has 0 fully saturated rings. The zero-order valence-electron chi connectivity index (χ0n) is 2.47. The number of amides is 2. The van der Waals surface area contributed by atoms with Gasteiger partial charge in [-0.1, -0.05) is 0 Å². The van der Waals surface area contributed by atoms with Crippen molar-refractivity contribution in [2.45, 2.75) is 0 Å². The minimum atomic E-state index is -0.833. The predicted molar refractivity (Wildman–Crippen MR) is 31.0 cm³/mol. The Labute approximate surface area is 52.6 Å². The van der Waals surface area contributed by atoms with Gasteiger partial charge in [0.25, 0.3) is 0 Å². The Morgan fingerprint density at radius 2 is 1.33 bits per heavy atom. The second kappa shape index (κ2) is 8.92. The van der Waals surface area contributed by atoms with Gasteiger partial charge in [0, 0.05) is 0 Å². The third-order valence-electron chi connectivity index (χ3n) is 0. The minimum absolute atomic E-state index is 0. The van der Waals surface area contributed by atoms with Crippen molar-refractivity contribution in [3.8, 4) is 0 Å². The van der Waals surface area contributed by atoms with Crippen molar-refractivity contribution >= 4 is 35.8 Å². The van der Waals surface area contributed by atoms with E-state index in [1.54, 1.807) is 0 Å². The molecule has 0 spiro atoms. The van der Waals surface area contributed by atoms with Crippen molar-refractivity contribution in [3.63, 3.8) is 0 Å². The van der Waals surface area contributed by atoms with Crippen LogP contribution in [0.15, 0.2) is 0 Å². The molecule has 0 bridgehead atoms. The summed E-state index contributed by atoms with van der Waals surface area (Å²) in [6, 6.07) is -0.833. The second-order valence-electron chi connectivity index (χ2n) is 0.402. The molecule has 0 heterocycles. The minimum Gasteiger partial charge on any atom is -0.352 e. The molecule has 38 valence electrons. The summed E-state index contributed by atoms with van der Waals surface area (Å²) < 4.78 is 0. The quantitative estimate of drug-likeness (QED) is 0.372. The molecule has 0 saturated carbocycles. The lowest BCUT2D eigenvalue weighted by Gasteiger charge is -1.62. The summed E-state index contributed by atoms with van der Waals surface area (Å²) in [5, 5.41) is 0. The molecule has 0 aromatic rings. The summed E-state index contributed by atoms with van der Waals surface area (Å²) in [7, 11) is 0. The highest BCUT2D eigenvalue weighted by atomic mass is 35.5. The number of primary amides is 2. The van der Waals surface area contributed by atoms with E-state index in [9.17, 15) is 0 Å². The average Bonchev–Trinajstić information content (AvgIpc) is 0.811. The summed E-state index contributed by atoms with van der Waals surface area (Å²) >= 11 is 0. The van der Waals surface area contributed by atoms with Crippen LogP contribution in [0.1, 0.15) is 0 Å². The summed E-state index contributed by atoms with van der Waals surface area (Å²) in [5.74, 6) is 0. The van der Waals surface area contributed by atoms with Gasteiger partial charge in [-0.3, -0.25) is 0 Å². The van der Waals surface area contributed by atoms with E-state index in [2.05, 4.69) is 11.5 Å². The standard InChI is InChI=1S/CH4N2O.Al.ClH.3H/c2-1(3)4;;;;;/h(H4,2,3,4);;1H;;;. The number of rotatable bonds is 0. The first-order chi connectivity index (χ1) is 1.73. The number of nitrogens with two attached hydrogens (primary N) is 2. The highest BCUT2D eigenvalue weighted by Gasteiger charge is 1.60. The van der Waals surface area contributed by atoms with Gasteiger partial charge in [-0.15, -0.1) is 12.4 Å². The first-order valence-electron chi connectivity index (χ1n) is 0.781. The summed E-state index contributed by atoms with van der Waals surface area (Å²) in [4.78, 5) is 9.00. The highest BCUT2D eigenvalue weighted by Crippen LogP contribution is 1.25. The molecule has 4 N–H and O–H groups in total. The Balaban J connectivity index is -0.0000000450. The zero-order valence-corrected chi connectivity index (χ0v) is 3.29. The van der Waals surface area contributed by atoms with Crippen LogP contribution in [0.4, 0.5) is 4.79 Å². The fourth-order valence-corrected chi connectivity index (χ4v) is 0. The van der Waals surface area contributed by atoms with E-state index in [4.69, 9.17) is 4.79 Å². The van der Waals surface area contributed by atoms with Gasteiger partial charge in [-0.25, -0.2) is 4.79 Å². The Hall–Kier alpha value is 0.0925. The zero-order chi connectivity index (χ0) is 3.58. The van der Waals surface area contributed by atoms with Crippen molar-refractivity contribution in [2.24, 2.45) is 11.5 Å². The lowest BCUT2D eigenvalue weighted by atomic mass is 11.2. The first-order valence-corrected chi connectivity index (χ1v) is 0.781. The lowest BCUT2D eigenvalue weighted by Crippen LogP contribution is -2.18. The van der Waals surface area contributed by atoms with Crippen molar-refractivity contribution in [1.29, 1.82) is 0 Å². The van der Waals surface area contributed by atoms with Gasteiger partial charge in [0.05, 0.1) is 0 Å². The maximum atomic E-state index is 9.00. The van der Waals surface area contributed by atoms with Crippen LogP contribution in [0.5, 0.6) is 0 Å². The molecular formula is CH8AlClN2O. The van der Waals surface area contributed by atoms with Crippen molar-refractivity contribution in [1.82, 2.24) is 0 Å². The summed E-state index contributed by atoms with van der Waals surface area (Å²) in [5.41, 5.74) is 8.50. The summed E-state index contributed by atoms with van der Waals surface area (Å²) in [6.45, 7) is 0. The highest BCUT2D eigenvalue weighted by molar-refractivity contribution is 5.85. The van der Waals surface area contributed by atoms with E-state index in [0.717, 1.165) is 0 Å². The van der Waals surface area contributed by atoms with Crippen LogP contribution in [0.2, 0.25) is 0 Å². The molecule has 0 radical (unpaired) electrons. The van der Waals surface area contributed by atoms with E-state index in [-0.39, 0.29) is 29.8 Å². The molecule has 5 heteroatoms. The van der Waals surface area contributed by atoms with Gasteiger partial charge in [-0.2, -0.15) is 0 Å². The maximum Gasteiger partial charge on any atom is 0.309 e. The number of carbonyl (C=O) groups is 1. The molecule has 3 nitrogen and oxygen atoms in total. The Bertz CT molecular complexity index is 36.5. The topological polar surface area (TPSA) is 69.1 Å². The van der Waals surface area contributed by atoms with Gasteiger partial charge in [-0.05, 0) is 0 Å². The van der Waals surface area contributed by atoms with E-state index in [1.165, 1.54) is 0 Å². The van der Waals surface area contributed by atoms with E-state index in [1.807, 2.05) is 0 Å². The van der Waals surface area contributed by atoms with E-state index >= 15 is 0 Å². The van der Waals surface area contributed by atoms with Crippen molar-refractivity contribution < 1.29 is 4.79 Å².